The van der Waals surface area contributed by atoms with Crippen molar-refractivity contribution >= 4 is 11.8 Å². The second kappa shape index (κ2) is 7.96. The Hall–Kier alpha value is -2.64. The lowest BCUT2D eigenvalue weighted by molar-refractivity contribution is 0.0911. The van der Waals surface area contributed by atoms with Crippen molar-refractivity contribution in [1.29, 1.82) is 0 Å². The number of carbonyl (C=O) groups excluding carboxylic acids is 2. The van der Waals surface area contributed by atoms with Crippen molar-refractivity contribution in [3.63, 3.8) is 0 Å². The molecule has 2 heterocycles. The molecule has 0 radical (unpaired) electrons. The predicted molar refractivity (Wildman–Crippen MR) is 80.2 cm³/mol. The number of nitrogens with one attached hydrogen (secondary N) is 1. The minimum atomic E-state index is -0.259. The molecule has 2 aromatic rings. The number of carbonyl (C=O) groups is 2. The second-order valence-electron chi connectivity index (χ2n) is 5.00. The van der Waals surface area contributed by atoms with Crippen molar-refractivity contribution in [1.82, 2.24) is 19.6 Å². The van der Waals surface area contributed by atoms with Gasteiger partial charge in [0, 0.05) is 38.4 Å². The summed E-state index contributed by atoms with van der Waals surface area (Å²) < 4.78 is 7.70. The quantitative estimate of drug-likeness (QED) is 0.924. The number of nitrogens with zero attached hydrogens (tertiary/aromatic N) is 3. The van der Waals surface area contributed by atoms with Crippen LogP contribution in [0.2, 0.25) is 0 Å². The van der Waals surface area contributed by atoms with Crippen LogP contribution in [-0.4, -0.2) is 38.0 Å². The van der Waals surface area contributed by atoms with Crippen LogP contribution in [0.5, 0.6) is 5.88 Å². The van der Waals surface area contributed by atoms with Crippen LogP contribution in [0.3, 0.4) is 0 Å². The molecule has 0 saturated carbocycles. The Bertz CT molecular complexity index is 681. The van der Waals surface area contributed by atoms with Crippen LogP contribution in [0.25, 0.3) is 0 Å². The van der Waals surface area contributed by atoms with Crippen molar-refractivity contribution in [3.8, 4) is 5.88 Å². The Morgan fingerprint density at radius 2 is 1.91 bits per heavy atom. The van der Waals surface area contributed by atoms with E-state index in [0.29, 0.717) is 18.4 Å². The molecule has 0 aromatic carbocycles. The van der Waals surface area contributed by atoms with Crippen molar-refractivity contribution in [2.24, 2.45) is 5.92 Å². The summed E-state index contributed by atoms with van der Waals surface area (Å²) in [6.07, 6.45) is 2.99. The summed E-state index contributed by atoms with van der Waals surface area (Å²) in [5.74, 6) is 0.655. The van der Waals surface area contributed by atoms with Gasteiger partial charge in [-0.25, -0.2) is 9.36 Å². The van der Waals surface area contributed by atoms with Crippen LogP contribution in [0, 0.1) is 5.92 Å². The van der Waals surface area contributed by atoms with Crippen molar-refractivity contribution in [3.05, 3.63) is 34.9 Å². The summed E-state index contributed by atoms with van der Waals surface area (Å²) in [7, 11) is 0. The first kappa shape index (κ1) is 17.4. The Balaban J connectivity index is 0.000000235. The highest BCUT2D eigenvalue weighted by atomic mass is 16.5. The standard InChI is InChI=1S/C9H14N2O2.C5H6N2O2/c1-7(2)6-13-9-4-5-11(10-9)8(3)12;1-4(8)7-3-2-5(9)6-7/h4-5,7H,6H2,1-3H3;2-3H,1H3,(H,6,9). The highest BCUT2D eigenvalue weighted by molar-refractivity contribution is 5.75. The molecule has 0 amide bonds. The Kier molecular flexibility index (Phi) is 6.30. The Labute approximate surface area is 127 Å². The number of aromatic nitrogens is 4. The summed E-state index contributed by atoms with van der Waals surface area (Å²) >= 11 is 0. The van der Waals surface area contributed by atoms with E-state index in [-0.39, 0.29) is 17.4 Å². The monoisotopic (exact) mass is 308 g/mol. The maximum atomic E-state index is 10.8. The SMILES string of the molecule is CC(=O)n1ccc(=O)[nH]1.CC(=O)n1ccc(OCC(C)C)n1. The summed E-state index contributed by atoms with van der Waals surface area (Å²) in [6.45, 7) is 7.56. The molecular formula is C14H20N4O4. The maximum absolute atomic E-state index is 10.8. The molecule has 0 fully saturated rings. The predicted octanol–water partition coefficient (Wildman–Crippen LogP) is 1.41. The molecule has 0 spiro atoms. The molecule has 8 nitrogen and oxygen atoms in total. The number of hydrogen-bond acceptors (Lipinski definition) is 5. The molecule has 0 atom stereocenters. The first-order chi connectivity index (χ1) is 10.3. The lowest BCUT2D eigenvalue weighted by Crippen LogP contribution is -2.10. The van der Waals surface area contributed by atoms with Gasteiger partial charge in [-0.15, -0.1) is 5.10 Å². The second-order valence-corrected chi connectivity index (χ2v) is 5.00. The molecule has 0 saturated heterocycles. The zero-order valence-corrected chi connectivity index (χ0v) is 13.1. The normalized spacial score (nSPS) is 10.0. The number of rotatable bonds is 3. The highest BCUT2D eigenvalue weighted by Gasteiger charge is 2.03. The molecule has 1 N–H and O–H groups in total. The molecule has 0 aliphatic heterocycles. The van der Waals surface area contributed by atoms with Gasteiger partial charge in [0.1, 0.15) is 0 Å². The van der Waals surface area contributed by atoms with E-state index in [0.717, 1.165) is 4.68 Å². The van der Waals surface area contributed by atoms with Gasteiger partial charge in [0.2, 0.25) is 17.7 Å². The van der Waals surface area contributed by atoms with E-state index in [4.69, 9.17) is 4.74 Å². The molecule has 0 aliphatic carbocycles. The third kappa shape index (κ3) is 5.78. The van der Waals surface area contributed by atoms with Crippen LogP contribution in [0.15, 0.2) is 29.3 Å². The fraction of sp³-hybridized carbons (Fsp3) is 0.429. The van der Waals surface area contributed by atoms with Crippen molar-refractivity contribution < 1.29 is 14.3 Å². The van der Waals surface area contributed by atoms with Gasteiger partial charge in [-0.05, 0) is 5.92 Å². The molecular weight excluding hydrogens is 288 g/mol. The molecule has 2 aromatic heterocycles. The van der Waals surface area contributed by atoms with Crippen LogP contribution in [0.1, 0.15) is 37.3 Å². The summed E-state index contributed by atoms with van der Waals surface area (Å²) in [6, 6.07) is 2.98. The van der Waals surface area contributed by atoms with Gasteiger partial charge in [-0.2, -0.15) is 0 Å². The van der Waals surface area contributed by atoms with Crippen LogP contribution < -0.4 is 10.3 Å². The van der Waals surface area contributed by atoms with Crippen LogP contribution in [0.4, 0.5) is 0 Å². The van der Waals surface area contributed by atoms with E-state index < -0.39 is 0 Å². The van der Waals surface area contributed by atoms with E-state index in [1.165, 1.54) is 30.8 Å². The van der Waals surface area contributed by atoms with Gasteiger partial charge >= 0.3 is 0 Å². The largest absolute Gasteiger partial charge is 0.476 e. The maximum Gasteiger partial charge on any atom is 0.264 e. The van der Waals surface area contributed by atoms with Gasteiger partial charge in [0.15, 0.2) is 0 Å². The molecule has 2 rings (SSSR count). The molecule has 0 aliphatic rings. The minimum absolute atomic E-state index is 0.112. The van der Waals surface area contributed by atoms with Crippen LogP contribution >= 0.6 is 0 Å². The fourth-order valence-corrected chi connectivity index (χ4v) is 1.33. The third-order valence-corrected chi connectivity index (χ3v) is 2.40. The van der Waals surface area contributed by atoms with Gasteiger partial charge in [-0.1, -0.05) is 13.8 Å². The zero-order valence-electron chi connectivity index (χ0n) is 13.1. The average Bonchev–Trinajstić information content (AvgIpc) is 3.05. The van der Waals surface area contributed by atoms with Gasteiger partial charge in [0.25, 0.3) is 5.56 Å². The van der Waals surface area contributed by atoms with Gasteiger partial charge in [0.05, 0.1) is 6.61 Å². The summed E-state index contributed by atoms with van der Waals surface area (Å²) in [5.41, 5.74) is -0.259. The molecule has 8 heteroatoms. The van der Waals surface area contributed by atoms with E-state index in [9.17, 15) is 14.4 Å². The van der Waals surface area contributed by atoms with Crippen LogP contribution in [-0.2, 0) is 0 Å². The molecule has 0 bridgehead atoms. The lowest BCUT2D eigenvalue weighted by Gasteiger charge is -2.04. The van der Waals surface area contributed by atoms with Crippen molar-refractivity contribution in [2.45, 2.75) is 27.7 Å². The molecule has 22 heavy (non-hydrogen) atoms. The van der Waals surface area contributed by atoms with E-state index in [1.54, 1.807) is 12.3 Å². The Morgan fingerprint density at radius 1 is 1.23 bits per heavy atom. The Morgan fingerprint density at radius 3 is 2.27 bits per heavy atom. The molecule has 120 valence electrons. The summed E-state index contributed by atoms with van der Waals surface area (Å²) in [4.78, 5) is 31.7. The van der Waals surface area contributed by atoms with Gasteiger partial charge in [-0.3, -0.25) is 19.5 Å². The third-order valence-electron chi connectivity index (χ3n) is 2.40. The van der Waals surface area contributed by atoms with Crippen molar-refractivity contribution in [2.75, 3.05) is 6.61 Å². The first-order valence-corrected chi connectivity index (χ1v) is 6.77. The number of H-pyrrole nitrogens is 1. The fourth-order valence-electron chi connectivity index (χ4n) is 1.33. The number of hydrogen-bond donors (Lipinski definition) is 1. The smallest absolute Gasteiger partial charge is 0.264 e. The number of aromatic amines is 1. The van der Waals surface area contributed by atoms with E-state index >= 15 is 0 Å². The molecule has 0 unspecified atom stereocenters. The number of ether oxygens (including phenoxy) is 1. The first-order valence-electron chi connectivity index (χ1n) is 6.77. The average molecular weight is 308 g/mol. The van der Waals surface area contributed by atoms with E-state index in [2.05, 4.69) is 24.0 Å². The van der Waals surface area contributed by atoms with Gasteiger partial charge < -0.3 is 4.74 Å². The van der Waals surface area contributed by atoms with E-state index in [1.807, 2.05) is 0 Å². The lowest BCUT2D eigenvalue weighted by atomic mass is 10.2. The zero-order chi connectivity index (χ0) is 16.7. The highest BCUT2D eigenvalue weighted by Crippen LogP contribution is 2.06. The summed E-state index contributed by atoms with van der Waals surface area (Å²) in [5, 5.41) is 6.21. The minimum Gasteiger partial charge on any atom is -0.476 e. The topological polar surface area (TPSA) is 99.0 Å².